The van der Waals surface area contributed by atoms with E-state index < -0.39 is 5.97 Å². The van der Waals surface area contributed by atoms with Crippen molar-refractivity contribution in [2.45, 2.75) is 12.1 Å². The van der Waals surface area contributed by atoms with Crippen LogP contribution in [0.1, 0.15) is 17.3 Å². The zero-order valence-corrected chi connectivity index (χ0v) is 17.2. The van der Waals surface area contributed by atoms with Crippen molar-refractivity contribution in [3.05, 3.63) is 48.0 Å². The van der Waals surface area contributed by atoms with E-state index >= 15 is 0 Å². The van der Waals surface area contributed by atoms with E-state index in [1.165, 1.54) is 17.4 Å². The van der Waals surface area contributed by atoms with Gasteiger partial charge in [-0.3, -0.25) is 4.79 Å². The number of anilines is 3. The van der Waals surface area contributed by atoms with Gasteiger partial charge >= 0.3 is 5.97 Å². The minimum atomic E-state index is -0.485. The molecular formula is C19H19N5O3S2. The number of rotatable bonds is 7. The Morgan fingerprint density at radius 1 is 1.14 bits per heavy atom. The number of hydrogen-bond donors (Lipinski definition) is 3. The summed E-state index contributed by atoms with van der Waals surface area (Å²) in [6.07, 6.45) is 0. The van der Waals surface area contributed by atoms with Gasteiger partial charge in [0.1, 0.15) is 16.6 Å². The molecular weight excluding hydrogens is 410 g/mol. The average molecular weight is 430 g/mol. The first-order valence-corrected chi connectivity index (χ1v) is 10.5. The molecule has 1 amide bonds. The molecule has 0 unspecified atom stereocenters. The summed E-state index contributed by atoms with van der Waals surface area (Å²) in [6, 6.07) is 12.8. The molecule has 8 nitrogen and oxygen atoms in total. The fourth-order valence-electron chi connectivity index (χ4n) is 2.41. The Kier molecular flexibility index (Phi) is 6.68. The summed E-state index contributed by atoms with van der Waals surface area (Å²) in [7, 11) is 0. The van der Waals surface area contributed by atoms with E-state index in [0.717, 1.165) is 22.2 Å². The van der Waals surface area contributed by atoms with Crippen molar-refractivity contribution < 1.29 is 14.3 Å². The van der Waals surface area contributed by atoms with Gasteiger partial charge in [-0.25, -0.2) is 14.8 Å². The van der Waals surface area contributed by atoms with Crippen molar-refractivity contribution in [3.63, 3.8) is 0 Å². The van der Waals surface area contributed by atoms with Crippen LogP contribution in [0.25, 0.3) is 10.4 Å². The summed E-state index contributed by atoms with van der Waals surface area (Å²) in [6.45, 7) is 1.97. The Bertz CT molecular complexity index is 1000. The highest BCUT2D eigenvalue weighted by Gasteiger charge is 2.20. The number of esters is 1. The van der Waals surface area contributed by atoms with Gasteiger partial charge in [0.2, 0.25) is 5.91 Å². The first-order valence-electron chi connectivity index (χ1n) is 8.65. The minimum Gasteiger partial charge on any atom is -0.462 e. The first kappa shape index (κ1) is 20.6. The number of carbonyl (C=O) groups is 2. The molecule has 2 aromatic heterocycles. The zero-order valence-electron chi connectivity index (χ0n) is 15.5. The molecule has 5 N–H and O–H groups in total. The minimum absolute atomic E-state index is 0.0315. The quantitative estimate of drug-likeness (QED) is 0.296. The van der Waals surface area contributed by atoms with Crippen LogP contribution in [0, 0.1) is 0 Å². The summed E-state index contributed by atoms with van der Waals surface area (Å²) in [4.78, 5) is 33.7. The van der Waals surface area contributed by atoms with E-state index in [9.17, 15) is 9.59 Å². The predicted molar refractivity (Wildman–Crippen MR) is 116 cm³/mol. The van der Waals surface area contributed by atoms with Gasteiger partial charge in [-0.1, -0.05) is 42.1 Å². The molecule has 0 bridgehead atoms. The Morgan fingerprint density at radius 2 is 1.83 bits per heavy atom. The maximum Gasteiger partial charge on any atom is 0.341 e. The van der Waals surface area contributed by atoms with Gasteiger partial charge in [0.15, 0.2) is 5.16 Å². The predicted octanol–water partition coefficient (Wildman–Crippen LogP) is 3.28. The van der Waals surface area contributed by atoms with E-state index in [-0.39, 0.29) is 29.9 Å². The Morgan fingerprint density at radius 3 is 2.48 bits per heavy atom. The standard InChI is InChI=1S/C19H19N5O3S2/c1-2-27-18(26)12-8-13(11-6-4-3-5-7-11)29-17(12)24-16(25)10-28-19-22-14(20)9-15(21)23-19/h3-9H,2,10H2,1H3,(H,24,25)(H4,20,21,22,23). The Balaban J connectivity index is 1.76. The zero-order chi connectivity index (χ0) is 20.8. The van der Waals surface area contributed by atoms with Crippen LogP contribution in [0.4, 0.5) is 16.6 Å². The van der Waals surface area contributed by atoms with Crippen molar-refractivity contribution in [1.82, 2.24) is 9.97 Å². The third-order valence-electron chi connectivity index (χ3n) is 3.62. The SMILES string of the molecule is CCOC(=O)c1cc(-c2ccccc2)sc1NC(=O)CSc1nc(N)cc(N)n1. The lowest BCUT2D eigenvalue weighted by molar-refractivity contribution is -0.113. The third-order valence-corrected chi connectivity index (χ3v) is 5.56. The second-order valence-electron chi connectivity index (χ2n) is 5.78. The van der Waals surface area contributed by atoms with Crippen LogP contribution in [0.3, 0.4) is 0 Å². The van der Waals surface area contributed by atoms with E-state index in [4.69, 9.17) is 16.2 Å². The van der Waals surface area contributed by atoms with E-state index in [0.29, 0.717) is 15.7 Å². The number of nitrogens with zero attached hydrogens (tertiary/aromatic N) is 2. The van der Waals surface area contributed by atoms with Crippen LogP contribution in [-0.2, 0) is 9.53 Å². The molecule has 0 aliphatic carbocycles. The molecule has 3 aromatic rings. The van der Waals surface area contributed by atoms with Crippen LogP contribution >= 0.6 is 23.1 Å². The summed E-state index contributed by atoms with van der Waals surface area (Å²) < 4.78 is 5.12. The second kappa shape index (κ2) is 9.39. The molecule has 0 fully saturated rings. The van der Waals surface area contributed by atoms with Crippen molar-refractivity contribution >= 4 is 51.6 Å². The van der Waals surface area contributed by atoms with Crippen LogP contribution in [0.15, 0.2) is 47.6 Å². The Hall–Kier alpha value is -3.11. The molecule has 0 spiro atoms. The number of ether oxygens (including phenoxy) is 1. The van der Waals surface area contributed by atoms with Gasteiger partial charge in [0, 0.05) is 10.9 Å². The highest BCUT2D eigenvalue weighted by molar-refractivity contribution is 7.99. The molecule has 150 valence electrons. The van der Waals surface area contributed by atoms with Crippen LogP contribution < -0.4 is 16.8 Å². The molecule has 2 heterocycles. The summed E-state index contributed by atoms with van der Waals surface area (Å²) in [5, 5.41) is 3.52. The molecule has 0 saturated carbocycles. The molecule has 10 heteroatoms. The van der Waals surface area contributed by atoms with E-state index in [1.54, 1.807) is 13.0 Å². The topological polar surface area (TPSA) is 133 Å². The van der Waals surface area contributed by atoms with E-state index in [2.05, 4.69) is 15.3 Å². The smallest absolute Gasteiger partial charge is 0.341 e. The molecule has 3 rings (SSSR count). The number of thiophene rings is 1. The number of nitrogens with one attached hydrogen (secondary N) is 1. The number of benzene rings is 1. The number of amides is 1. The molecule has 29 heavy (non-hydrogen) atoms. The molecule has 0 atom stereocenters. The van der Waals surface area contributed by atoms with Gasteiger partial charge in [-0.15, -0.1) is 11.3 Å². The number of nitrogen functional groups attached to an aromatic ring is 2. The number of carbonyl (C=O) groups excluding carboxylic acids is 2. The maximum absolute atomic E-state index is 12.4. The number of hydrogen-bond acceptors (Lipinski definition) is 9. The number of nitrogens with two attached hydrogens (primary N) is 2. The van der Waals surface area contributed by atoms with Crippen LogP contribution in [0.5, 0.6) is 0 Å². The van der Waals surface area contributed by atoms with Gasteiger partial charge < -0.3 is 21.5 Å². The van der Waals surface area contributed by atoms with Crippen molar-refractivity contribution in [2.24, 2.45) is 0 Å². The van der Waals surface area contributed by atoms with E-state index in [1.807, 2.05) is 30.3 Å². The number of thioether (sulfide) groups is 1. The lowest BCUT2D eigenvalue weighted by Gasteiger charge is -2.06. The largest absolute Gasteiger partial charge is 0.462 e. The third kappa shape index (κ3) is 5.46. The molecule has 0 aliphatic rings. The molecule has 1 aromatic carbocycles. The normalized spacial score (nSPS) is 10.5. The summed E-state index contributed by atoms with van der Waals surface area (Å²) in [5.74, 6) is -0.303. The monoisotopic (exact) mass is 429 g/mol. The maximum atomic E-state index is 12.4. The van der Waals surface area contributed by atoms with Crippen molar-refractivity contribution in [2.75, 3.05) is 29.1 Å². The van der Waals surface area contributed by atoms with Crippen LogP contribution in [0.2, 0.25) is 0 Å². The van der Waals surface area contributed by atoms with Gasteiger partial charge in [-0.05, 0) is 18.6 Å². The van der Waals surface area contributed by atoms with Crippen molar-refractivity contribution in [3.8, 4) is 10.4 Å². The van der Waals surface area contributed by atoms with Crippen molar-refractivity contribution in [1.29, 1.82) is 0 Å². The Labute approximate surface area is 175 Å². The molecule has 0 radical (unpaired) electrons. The second-order valence-corrected chi connectivity index (χ2v) is 7.77. The first-order chi connectivity index (χ1) is 14.0. The lowest BCUT2D eigenvalue weighted by atomic mass is 10.1. The van der Waals surface area contributed by atoms with Crippen LogP contribution in [-0.4, -0.2) is 34.2 Å². The lowest BCUT2D eigenvalue weighted by Crippen LogP contribution is -2.16. The van der Waals surface area contributed by atoms with Gasteiger partial charge in [0.05, 0.1) is 17.9 Å². The highest BCUT2D eigenvalue weighted by Crippen LogP contribution is 2.36. The summed E-state index contributed by atoms with van der Waals surface area (Å²) >= 11 is 2.41. The summed E-state index contributed by atoms with van der Waals surface area (Å²) in [5.41, 5.74) is 12.5. The number of aromatic nitrogens is 2. The fourth-order valence-corrected chi connectivity index (χ4v) is 4.15. The average Bonchev–Trinajstić information content (AvgIpc) is 3.10. The fraction of sp³-hybridized carbons (Fsp3) is 0.158. The van der Waals surface area contributed by atoms with Gasteiger partial charge in [0.25, 0.3) is 0 Å². The highest BCUT2D eigenvalue weighted by atomic mass is 32.2. The molecule has 0 aliphatic heterocycles. The molecule has 0 saturated heterocycles. The van der Waals surface area contributed by atoms with Gasteiger partial charge in [-0.2, -0.15) is 0 Å².